The second-order valence-corrected chi connectivity index (χ2v) is 6.43. The number of rotatable bonds is 7. The van der Waals surface area contributed by atoms with Crippen molar-refractivity contribution in [1.29, 1.82) is 0 Å². The number of amides is 1. The van der Waals surface area contributed by atoms with Gasteiger partial charge in [0.1, 0.15) is 5.75 Å². The van der Waals surface area contributed by atoms with Gasteiger partial charge in [0, 0.05) is 4.47 Å². The van der Waals surface area contributed by atoms with Crippen LogP contribution >= 0.6 is 15.9 Å². The van der Waals surface area contributed by atoms with Crippen LogP contribution in [0.25, 0.3) is 0 Å². The van der Waals surface area contributed by atoms with E-state index in [4.69, 9.17) is 4.74 Å². The number of carbonyl (C=O) groups excluding carboxylic acids is 1. The van der Waals surface area contributed by atoms with Crippen LogP contribution in [0.4, 0.5) is 0 Å². The van der Waals surface area contributed by atoms with E-state index in [2.05, 4.69) is 40.3 Å². The fourth-order valence-corrected chi connectivity index (χ4v) is 2.49. The summed E-state index contributed by atoms with van der Waals surface area (Å²) in [5.74, 6) is 0.898. The quantitative estimate of drug-likeness (QED) is 0.560. The molecule has 0 heterocycles. The molecule has 0 fully saturated rings. The third-order valence-corrected chi connectivity index (χ3v) is 4.18. The number of hydrogen-bond acceptors (Lipinski definition) is 3. The highest BCUT2D eigenvalue weighted by molar-refractivity contribution is 9.10. The van der Waals surface area contributed by atoms with Crippen molar-refractivity contribution in [3.05, 3.63) is 64.1 Å². The predicted octanol–water partition coefficient (Wildman–Crippen LogP) is 4.49. The number of nitrogens with zero attached hydrogens (tertiary/aromatic N) is 1. The van der Waals surface area contributed by atoms with Crippen molar-refractivity contribution in [2.45, 2.75) is 26.2 Å². The van der Waals surface area contributed by atoms with E-state index >= 15 is 0 Å². The Morgan fingerprint density at radius 1 is 1.29 bits per heavy atom. The van der Waals surface area contributed by atoms with Gasteiger partial charge < -0.3 is 4.74 Å². The van der Waals surface area contributed by atoms with Gasteiger partial charge in [-0.15, -0.1) is 0 Å². The number of hydrogen-bond donors (Lipinski definition) is 1. The molecule has 0 spiro atoms. The van der Waals surface area contributed by atoms with Crippen molar-refractivity contribution < 1.29 is 9.53 Å². The minimum atomic E-state index is -0.299. The molecule has 0 radical (unpaired) electrons. The van der Waals surface area contributed by atoms with Crippen molar-refractivity contribution in [3.8, 4) is 5.75 Å². The van der Waals surface area contributed by atoms with Crippen LogP contribution in [0.5, 0.6) is 5.75 Å². The van der Waals surface area contributed by atoms with E-state index in [0.717, 1.165) is 16.5 Å². The Bertz CT molecular complexity index is 699. The average Bonchev–Trinajstić information content (AvgIpc) is 2.60. The fraction of sp³-hybridized carbons (Fsp3) is 0.263. The number of ether oxygens (including phenoxy) is 1. The molecular formula is C19H21BrN2O2. The lowest BCUT2D eigenvalue weighted by atomic mass is 9.99. The summed E-state index contributed by atoms with van der Waals surface area (Å²) in [5, 5.41) is 3.92. The van der Waals surface area contributed by atoms with Crippen LogP contribution in [-0.4, -0.2) is 18.7 Å². The second kappa shape index (κ2) is 9.23. The summed E-state index contributed by atoms with van der Waals surface area (Å²) in [6, 6.07) is 15.5. The predicted molar refractivity (Wildman–Crippen MR) is 101 cm³/mol. The van der Waals surface area contributed by atoms with Gasteiger partial charge in [-0.25, -0.2) is 5.43 Å². The zero-order valence-corrected chi connectivity index (χ0v) is 15.4. The van der Waals surface area contributed by atoms with Crippen LogP contribution in [0.15, 0.2) is 58.1 Å². The van der Waals surface area contributed by atoms with Crippen LogP contribution in [0.1, 0.15) is 37.3 Å². The van der Waals surface area contributed by atoms with Gasteiger partial charge in [0.05, 0.1) is 6.21 Å². The first-order valence-electron chi connectivity index (χ1n) is 7.88. The Balaban J connectivity index is 1.78. The Morgan fingerprint density at radius 2 is 2.04 bits per heavy atom. The van der Waals surface area contributed by atoms with Gasteiger partial charge in [-0.05, 0) is 47.7 Å². The number of carbonyl (C=O) groups is 1. The number of benzene rings is 2. The molecule has 1 unspecified atom stereocenters. The summed E-state index contributed by atoms with van der Waals surface area (Å²) in [6.07, 6.45) is 2.68. The van der Waals surface area contributed by atoms with Crippen molar-refractivity contribution in [1.82, 2.24) is 5.43 Å². The minimum Gasteiger partial charge on any atom is -0.484 e. The second-order valence-electron chi connectivity index (χ2n) is 5.52. The zero-order chi connectivity index (χ0) is 17.4. The molecule has 0 aliphatic carbocycles. The number of hydrazone groups is 1. The SMILES string of the molecule is CCC(C)c1ccc(OCC(=O)N/N=C/c2cccc(Br)c2)cc1. The monoisotopic (exact) mass is 388 g/mol. The lowest BCUT2D eigenvalue weighted by Gasteiger charge is -2.10. The smallest absolute Gasteiger partial charge is 0.277 e. The number of nitrogens with one attached hydrogen (secondary N) is 1. The van der Waals surface area contributed by atoms with Gasteiger partial charge in [-0.1, -0.05) is 54.0 Å². The first-order chi connectivity index (χ1) is 11.6. The largest absolute Gasteiger partial charge is 0.484 e. The normalized spacial score (nSPS) is 12.1. The molecule has 126 valence electrons. The Hall–Kier alpha value is -2.14. The molecule has 4 nitrogen and oxygen atoms in total. The third kappa shape index (κ3) is 5.81. The van der Waals surface area contributed by atoms with Gasteiger partial charge >= 0.3 is 0 Å². The maximum atomic E-state index is 11.7. The fourth-order valence-electron chi connectivity index (χ4n) is 2.08. The summed E-state index contributed by atoms with van der Waals surface area (Å²) in [5.41, 5.74) is 4.62. The van der Waals surface area contributed by atoms with Gasteiger partial charge in [0.25, 0.3) is 5.91 Å². The average molecular weight is 389 g/mol. The highest BCUT2D eigenvalue weighted by atomic mass is 79.9. The molecule has 24 heavy (non-hydrogen) atoms. The van der Waals surface area contributed by atoms with Crippen molar-refractivity contribution in [3.63, 3.8) is 0 Å². The molecule has 1 N–H and O–H groups in total. The molecular weight excluding hydrogens is 368 g/mol. The van der Waals surface area contributed by atoms with Crippen LogP contribution < -0.4 is 10.2 Å². The van der Waals surface area contributed by atoms with Gasteiger partial charge in [0.2, 0.25) is 0 Å². The van der Waals surface area contributed by atoms with Crippen molar-refractivity contribution in [2.24, 2.45) is 5.10 Å². The molecule has 2 aromatic rings. The lowest BCUT2D eigenvalue weighted by Crippen LogP contribution is -2.24. The third-order valence-electron chi connectivity index (χ3n) is 3.68. The summed E-state index contributed by atoms with van der Waals surface area (Å²) < 4.78 is 6.42. The van der Waals surface area contributed by atoms with Crippen LogP contribution in [0.2, 0.25) is 0 Å². The van der Waals surface area contributed by atoms with Gasteiger partial charge in [-0.2, -0.15) is 5.10 Å². The van der Waals surface area contributed by atoms with E-state index < -0.39 is 0 Å². The van der Waals surface area contributed by atoms with Crippen LogP contribution in [0, 0.1) is 0 Å². The zero-order valence-electron chi connectivity index (χ0n) is 13.8. The number of halogens is 1. The maximum absolute atomic E-state index is 11.7. The van der Waals surface area contributed by atoms with E-state index in [1.165, 1.54) is 5.56 Å². The first-order valence-corrected chi connectivity index (χ1v) is 8.68. The standard InChI is InChI=1S/C19H21BrN2O2/c1-3-14(2)16-7-9-18(10-8-16)24-13-19(23)22-21-12-15-5-4-6-17(20)11-15/h4-12,14H,3,13H2,1-2H3,(H,22,23)/b21-12+. The molecule has 0 aliphatic rings. The Kier molecular flexibility index (Phi) is 7.00. The molecule has 5 heteroatoms. The molecule has 0 saturated carbocycles. The van der Waals surface area contributed by atoms with Crippen molar-refractivity contribution >= 4 is 28.1 Å². The summed E-state index contributed by atoms with van der Waals surface area (Å²) >= 11 is 3.38. The van der Waals surface area contributed by atoms with E-state index in [0.29, 0.717) is 11.7 Å². The summed E-state index contributed by atoms with van der Waals surface area (Å²) in [6.45, 7) is 4.28. The van der Waals surface area contributed by atoms with E-state index in [1.807, 2.05) is 48.5 Å². The summed E-state index contributed by atoms with van der Waals surface area (Å²) in [7, 11) is 0. The molecule has 0 bridgehead atoms. The molecule has 0 aromatic heterocycles. The summed E-state index contributed by atoms with van der Waals surface area (Å²) in [4.78, 5) is 11.7. The first kappa shape index (κ1) is 18.2. The topological polar surface area (TPSA) is 50.7 Å². The van der Waals surface area contributed by atoms with Crippen LogP contribution in [-0.2, 0) is 4.79 Å². The van der Waals surface area contributed by atoms with E-state index in [1.54, 1.807) is 6.21 Å². The van der Waals surface area contributed by atoms with Gasteiger partial charge in [0.15, 0.2) is 6.61 Å². The van der Waals surface area contributed by atoms with Crippen LogP contribution in [0.3, 0.4) is 0 Å². The van der Waals surface area contributed by atoms with Crippen molar-refractivity contribution in [2.75, 3.05) is 6.61 Å². The molecule has 0 saturated heterocycles. The molecule has 2 aromatic carbocycles. The minimum absolute atomic E-state index is 0.0709. The Labute approximate surface area is 151 Å². The highest BCUT2D eigenvalue weighted by Gasteiger charge is 2.04. The molecule has 0 aliphatic heterocycles. The molecule has 2 rings (SSSR count). The Morgan fingerprint density at radius 3 is 2.71 bits per heavy atom. The van der Waals surface area contributed by atoms with E-state index in [9.17, 15) is 4.79 Å². The maximum Gasteiger partial charge on any atom is 0.277 e. The molecule has 1 amide bonds. The molecule has 1 atom stereocenters. The van der Waals surface area contributed by atoms with E-state index in [-0.39, 0.29) is 12.5 Å². The lowest BCUT2D eigenvalue weighted by molar-refractivity contribution is -0.123. The van der Waals surface area contributed by atoms with Gasteiger partial charge in [-0.3, -0.25) is 4.79 Å². The highest BCUT2D eigenvalue weighted by Crippen LogP contribution is 2.21.